The summed E-state index contributed by atoms with van der Waals surface area (Å²) in [6, 6.07) is 21.3. The van der Waals surface area contributed by atoms with Crippen LogP contribution in [0.4, 0.5) is 11.5 Å². The Labute approximate surface area is 244 Å². The van der Waals surface area contributed by atoms with E-state index >= 15 is 0 Å². The van der Waals surface area contributed by atoms with Crippen LogP contribution in [-0.4, -0.2) is 59.0 Å². The fraction of sp³-hybridized carbons (Fsp3) is 0.250. The van der Waals surface area contributed by atoms with Gasteiger partial charge in [0.05, 0.1) is 18.3 Å². The van der Waals surface area contributed by atoms with Gasteiger partial charge in [-0.3, -0.25) is 9.89 Å². The minimum absolute atomic E-state index is 0.0696. The summed E-state index contributed by atoms with van der Waals surface area (Å²) in [5.74, 6) is 2.23. The molecular weight excluding hydrogens is 532 g/mol. The Bertz CT molecular complexity index is 1620. The third kappa shape index (κ3) is 7.21. The Morgan fingerprint density at radius 1 is 0.929 bits per heavy atom. The van der Waals surface area contributed by atoms with E-state index in [2.05, 4.69) is 20.8 Å². The van der Waals surface area contributed by atoms with Gasteiger partial charge >= 0.3 is 0 Å². The molecule has 10 nitrogen and oxygen atoms in total. The van der Waals surface area contributed by atoms with Gasteiger partial charge in [-0.1, -0.05) is 31.2 Å². The molecule has 0 aliphatic carbocycles. The van der Waals surface area contributed by atoms with Crippen molar-refractivity contribution in [3.8, 4) is 34.0 Å². The summed E-state index contributed by atoms with van der Waals surface area (Å²) in [5, 5.41) is 14.1. The number of hydrogen-bond donors (Lipinski definition) is 3. The highest BCUT2D eigenvalue weighted by Gasteiger charge is 2.13. The van der Waals surface area contributed by atoms with Crippen LogP contribution in [0.2, 0.25) is 0 Å². The maximum absolute atomic E-state index is 12.2. The largest absolute Gasteiger partial charge is 0.491 e. The van der Waals surface area contributed by atoms with Crippen LogP contribution in [0, 0.1) is 0 Å². The Morgan fingerprint density at radius 3 is 2.52 bits per heavy atom. The first-order chi connectivity index (χ1) is 20.5. The number of aromatic amines is 1. The first kappa shape index (κ1) is 28.6. The molecule has 0 aliphatic rings. The fourth-order valence-corrected chi connectivity index (χ4v) is 4.25. The normalized spacial score (nSPS) is 11.7. The molecule has 1 amide bonds. The van der Waals surface area contributed by atoms with E-state index in [-0.39, 0.29) is 18.6 Å². The molecule has 3 aromatic carbocycles. The van der Waals surface area contributed by atoms with Crippen molar-refractivity contribution in [1.82, 2.24) is 25.5 Å². The monoisotopic (exact) mass is 566 g/mol. The van der Waals surface area contributed by atoms with Gasteiger partial charge in [0.2, 0.25) is 0 Å². The topological polar surface area (TPSA) is 123 Å². The second-order valence-electron chi connectivity index (χ2n) is 9.80. The predicted octanol–water partition coefficient (Wildman–Crippen LogP) is 5.75. The fourth-order valence-electron chi connectivity index (χ4n) is 4.25. The van der Waals surface area contributed by atoms with Crippen LogP contribution < -0.4 is 20.1 Å². The summed E-state index contributed by atoms with van der Waals surface area (Å²) < 4.78 is 16.8. The van der Waals surface area contributed by atoms with E-state index in [9.17, 15) is 4.79 Å². The molecule has 0 unspecified atom stereocenters. The zero-order chi connectivity index (χ0) is 29.3. The highest BCUT2D eigenvalue weighted by atomic mass is 16.5. The minimum Gasteiger partial charge on any atom is -0.491 e. The molecule has 0 radical (unpaired) electrons. The number of anilines is 2. The SMILES string of the molecule is CC[C@@H](C)NC(=O)COc1cccc(-c2nc(Nc3ccc(-c4cn[nH]c4)cc3)c3cc(OCCOC)ccc3n2)c1. The van der Waals surface area contributed by atoms with Crippen LogP contribution in [0.5, 0.6) is 11.5 Å². The second-order valence-corrected chi connectivity index (χ2v) is 9.80. The predicted molar refractivity (Wildman–Crippen MR) is 163 cm³/mol. The van der Waals surface area contributed by atoms with Gasteiger partial charge in [-0.25, -0.2) is 9.97 Å². The van der Waals surface area contributed by atoms with E-state index in [0.717, 1.165) is 39.7 Å². The van der Waals surface area contributed by atoms with E-state index in [0.29, 0.717) is 36.4 Å². The van der Waals surface area contributed by atoms with Gasteiger partial charge in [0.15, 0.2) is 12.4 Å². The molecule has 1 atom stereocenters. The standard InChI is InChI=1S/C32H34N6O4/c1-4-21(2)35-30(39)20-42-26-7-5-6-23(16-26)31-37-29-13-12-27(41-15-14-40-3)17-28(29)32(38-31)36-25-10-8-22(9-11-25)24-18-33-34-19-24/h5-13,16-19,21H,4,14-15,20H2,1-3H3,(H,33,34)(H,35,39)(H,36,37,38)/t21-/m1/s1. The van der Waals surface area contributed by atoms with Crippen molar-refractivity contribution in [3.63, 3.8) is 0 Å². The summed E-state index contributed by atoms with van der Waals surface area (Å²) in [6.45, 7) is 4.83. The Morgan fingerprint density at radius 2 is 1.76 bits per heavy atom. The maximum atomic E-state index is 12.2. The van der Waals surface area contributed by atoms with Crippen molar-refractivity contribution in [3.05, 3.63) is 79.1 Å². The van der Waals surface area contributed by atoms with E-state index in [1.807, 2.05) is 86.8 Å². The second kappa shape index (κ2) is 13.6. The molecule has 0 spiro atoms. The number of fused-ring (bicyclic) bond motifs is 1. The molecule has 5 rings (SSSR count). The number of nitrogens with one attached hydrogen (secondary N) is 3. The van der Waals surface area contributed by atoms with Gasteiger partial charge in [0.1, 0.15) is 23.9 Å². The Balaban J connectivity index is 1.44. The third-order valence-corrected chi connectivity index (χ3v) is 6.68. The molecule has 10 heteroatoms. The van der Waals surface area contributed by atoms with Crippen LogP contribution in [0.1, 0.15) is 20.3 Å². The average Bonchev–Trinajstić information content (AvgIpc) is 3.56. The number of methoxy groups -OCH3 is 1. The highest BCUT2D eigenvalue weighted by molar-refractivity contribution is 5.93. The van der Waals surface area contributed by atoms with Crippen molar-refractivity contribution in [1.29, 1.82) is 0 Å². The van der Waals surface area contributed by atoms with Gasteiger partial charge in [-0.05, 0) is 61.4 Å². The molecule has 42 heavy (non-hydrogen) atoms. The molecule has 2 aromatic heterocycles. The molecule has 5 aromatic rings. The zero-order valence-electron chi connectivity index (χ0n) is 23.9. The van der Waals surface area contributed by atoms with Crippen molar-refractivity contribution in [2.24, 2.45) is 0 Å². The number of carbonyl (C=O) groups is 1. The lowest BCUT2D eigenvalue weighted by molar-refractivity contribution is -0.123. The van der Waals surface area contributed by atoms with Crippen LogP contribution in [0.15, 0.2) is 79.1 Å². The molecule has 216 valence electrons. The van der Waals surface area contributed by atoms with Crippen molar-refractivity contribution < 1.29 is 19.0 Å². The van der Waals surface area contributed by atoms with E-state index in [1.165, 1.54) is 0 Å². The summed E-state index contributed by atoms with van der Waals surface area (Å²) in [5.41, 5.74) is 4.43. The summed E-state index contributed by atoms with van der Waals surface area (Å²) in [4.78, 5) is 22.0. The van der Waals surface area contributed by atoms with Crippen LogP contribution in [0.3, 0.4) is 0 Å². The van der Waals surface area contributed by atoms with Crippen LogP contribution in [-0.2, 0) is 9.53 Å². The van der Waals surface area contributed by atoms with E-state index in [1.54, 1.807) is 13.3 Å². The molecule has 2 heterocycles. The quantitative estimate of drug-likeness (QED) is 0.154. The molecule has 0 bridgehead atoms. The summed E-state index contributed by atoms with van der Waals surface area (Å²) >= 11 is 0. The van der Waals surface area contributed by atoms with Gasteiger partial charge in [0.25, 0.3) is 5.91 Å². The number of hydrogen-bond acceptors (Lipinski definition) is 8. The Hall–Kier alpha value is -4.96. The first-order valence-corrected chi connectivity index (χ1v) is 13.8. The van der Waals surface area contributed by atoms with Crippen molar-refractivity contribution >= 4 is 28.3 Å². The lowest BCUT2D eigenvalue weighted by Crippen LogP contribution is -2.35. The maximum Gasteiger partial charge on any atom is 0.258 e. The lowest BCUT2D eigenvalue weighted by atomic mass is 10.1. The van der Waals surface area contributed by atoms with E-state index in [4.69, 9.17) is 24.2 Å². The highest BCUT2D eigenvalue weighted by Crippen LogP contribution is 2.32. The number of benzene rings is 3. The number of rotatable bonds is 13. The number of amides is 1. The van der Waals surface area contributed by atoms with Crippen molar-refractivity contribution in [2.45, 2.75) is 26.3 Å². The van der Waals surface area contributed by atoms with Crippen LogP contribution >= 0.6 is 0 Å². The number of aromatic nitrogens is 4. The minimum atomic E-state index is -0.162. The van der Waals surface area contributed by atoms with E-state index < -0.39 is 0 Å². The number of carbonyl (C=O) groups excluding carboxylic acids is 1. The molecular formula is C32H34N6O4. The molecule has 0 saturated heterocycles. The smallest absolute Gasteiger partial charge is 0.258 e. The third-order valence-electron chi connectivity index (χ3n) is 6.68. The molecule has 0 saturated carbocycles. The zero-order valence-corrected chi connectivity index (χ0v) is 23.9. The van der Waals surface area contributed by atoms with Crippen molar-refractivity contribution in [2.75, 3.05) is 32.2 Å². The van der Waals surface area contributed by atoms with Gasteiger partial charge < -0.3 is 24.8 Å². The summed E-state index contributed by atoms with van der Waals surface area (Å²) in [6.07, 6.45) is 4.49. The average molecular weight is 567 g/mol. The first-order valence-electron chi connectivity index (χ1n) is 13.8. The molecule has 0 fully saturated rings. The van der Waals surface area contributed by atoms with Gasteiger partial charge in [0, 0.05) is 41.5 Å². The molecule has 0 aliphatic heterocycles. The number of ether oxygens (including phenoxy) is 3. The number of nitrogens with zero attached hydrogens (tertiary/aromatic N) is 3. The Kier molecular flexibility index (Phi) is 9.25. The number of H-pyrrole nitrogens is 1. The summed E-state index contributed by atoms with van der Waals surface area (Å²) in [7, 11) is 1.64. The van der Waals surface area contributed by atoms with Crippen LogP contribution in [0.25, 0.3) is 33.4 Å². The van der Waals surface area contributed by atoms with Gasteiger partial charge in [-0.15, -0.1) is 0 Å². The van der Waals surface area contributed by atoms with Gasteiger partial charge in [-0.2, -0.15) is 5.10 Å². The molecule has 3 N–H and O–H groups in total. The lowest BCUT2D eigenvalue weighted by Gasteiger charge is -2.14.